The highest BCUT2D eigenvalue weighted by atomic mass is 32.2. The molecule has 0 bridgehead atoms. The van der Waals surface area contributed by atoms with Gasteiger partial charge >= 0.3 is 0 Å². The molecule has 0 atom stereocenters. The molecule has 0 aromatic carbocycles. The fourth-order valence-electron chi connectivity index (χ4n) is 1.98. The molecule has 1 aliphatic heterocycles. The molecule has 7 heteroatoms. The van der Waals surface area contributed by atoms with E-state index < -0.39 is 10.0 Å². The Hall–Kier alpha value is -0.500. The maximum absolute atomic E-state index is 12.3. The summed E-state index contributed by atoms with van der Waals surface area (Å²) >= 11 is 1.49. The van der Waals surface area contributed by atoms with Crippen molar-refractivity contribution in [3.05, 3.63) is 16.6 Å². The van der Waals surface area contributed by atoms with Gasteiger partial charge in [-0.05, 0) is 25.9 Å². The van der Waals surface area contributed by atoms with Gasteiger partial charge in [0.05, 0.1) is 23.0 Å². The van der Waals surface area contributed by atoms with Gasteiger partial charge in [0, 0.05) is 12.4 Å². The summed E-state index contributed by atoms with van der Waals surface area (Å²) in [5, 5.41) is 4.82. The summed E-state index contributed by atoms with van der Waals surface area (Å²) in [6.45, 7) is 1.94. The normalized spacial score (nSPS) is 18.7. The zero-order valence-electron chi connectivity index (χ0n) is 9.80. The Balaban J connectivity index is 2.03. The molecule has 1 aliphatic rings. The Morgan fingerprint density at radius 1 is 1.53 bits per heavy atom. The Morgan fingerprint density at radius 3 is 2.82 bits per heavy atom. The lowest BCUT2D eigenvalue weighted by atomic mass is 10.2. The second-order valence-electron chi connectivity index (χ2n) is 4.23. The molecule has 17 heavy (non-hydrogen) atoms. The zero-order valence-corrected chi connectivity index (χ0v) is 11.4. The molecule has 0 saturated carbocycles. The van der Waals surface area contributed by atoms with Crippen molar-refractivity contribution in [3.8, 4) is 0 Å². The Morgan fingerprint density at radius 2 is 2.24 bits per heavy atom. The molecule has 0 unspecified atom stereocenters. The summed E-state index contributed by atoms with van der Waals surface area (Å²) in [6, 6.07) is 0. The van der Waals surface area contributed by atoms with E-state index in [0.29, 0.717) is 19.4 Å². The van der Waals surface area contributed by atoms with E-state index in [1.807, 2.05) is 5.38 Å². The maximum atomic E-state index is 12.3. The lowest BCUT2D eigenvalue weighted by molar-refractivity contribution is 0.426. The third kappa shape index (κ3) is 3.04. The van der Waals surface area contributed by atoms with Gasteiger partial charge in [0.25, 0.3) is 0 Å². The smallest absolute Gasteiger partial charge is 0.217 e. The number of aromatic nitrogens is 1. The first-order valence-electron chi connectivity index (χ1n) is 5.63. The van der Waals surface area contributed by atoms with Gasteiger partial charge in [0.1, 0.15) is 0 Å². The minimum atomic E-state index is -3.18. The van der Waals surface area contributed by atoms with Crippen molar-refractivity contribution < 1.29 is 8.42 Å². The Kier molecular flexibility index (Phi) is 4.13. The third-order valence-corrected chi connectivity index (χ3v) is 5.96. The molecule has 1 aromatic rings. The van der Waals surface area contributed by atoms with Crippen LogP contribution in [0.2, 0.25) is 0 Å². The van der Waals surface area contributed by atoms with E-state index in [0.717, 1.165) is 18.8 Å². The molecule has 0 spiro atoms. The Labute approximate surface area is 106 Å². The van der Waals surface area contributed by atoms with Crippen LogP contribution in [0, 0.1) is 0 Å². The van der Waals surface area contributed by atoms with Gasteiger partial charge in [-0.25, -0.2) is 13.4 Å². The van der Waals surface area contributed by atoms with E-state index >= 15 is 0 Å². The number of rotatable bonds is 4. The molecule has 2 heterocycles. The standard InChI is InChI=1S/C10H17N3O2S2/c1-13(6-9-7-16-8-12-9)17(14,15)10-2-4-11-5-3-10/h7-8,10-11H,2-6H2,1H3. The lowest BCUT2D eigenvalue weighted by Gasteiger charge is -2.27. The average Bonchev–Trinajstić information content (AvgIpc) is 2.83. The molecule has 1 fully saturated rings. The predicted molar refractivity (Wildman–Crippen MR) is 68.4 cm³/mol. The molecule has 96 valence electrons. The summed E-state index contributed by atoms with van der Waals surface area (Å²) < 4.78 is 26.0. The number of sulfonamides is 1. The highest BCUT2D eigenvalue weighted by Crippen LogP contribution is 2.18. The molecule has 2 rings (SSSR count). The third-order valence-electron chi connectivity index (χ3n) is 3.01. The van der Waals surface area contributed by atoms with E-state index in [4.69, 9.17) is 0 Å². The van der Waals surface area contributed by atoms with Gasteiger partial charge in [0.15, 0.2) is 0 Å². The summed E-state index contributed by atoms with van der Waals surface area (Å²) in [7, 11) is -1.54. The first kappa shape index (κ1) is 12.9. The van der Waals surface area contributed by atoms with Crippen molar-refractivity contribution in [1.82, 2.24) is 14.6 Å². The zero-order chi connectivity index (χ0) is 12.3. The van der Waals surface area contributed by atoms with E-state index in [1.165, 1.54) is 15.6 Å². The molecule has 0 amide bonds. The molecular weight excluding hydrogens is 258 g/mol. The highest BCUT2D eigenvalue weighted by Gasteiger charge is 2.30. The van der Waals surface area contributed by atoms with Gasteiger partial charge in [-0.2, -0.15) is 4.31 Å². The topological polar surface area (TPSA) is 62.3 Å². The van der Waals surface area contributed by atoms with E-state index in [1.54, 1.807) is 12.6 Å². The fraction of sp³-hybridized carbons (Fsp3) is 0.700. The van der Waals surface area contributed by atoms with Crippen molar-refractivity contribution in [2.24, 2.45) is 0 Å². The van der Waals surface area contributed by atoms with E-state index in [9.17, 15) is 8.42 Å². The van der Waals surface area contributed by atoms with Crippen LogP contribution < -0.4 is 5.32 Å². The number of thiazole rings is 1. The van der Waals surface area contributed by atoms with Crippen LogP contribution in [0.25, 0.3) is 0 Å². The monoisotopic (exact) mass is 275 g/mol. The van der Waals surface area contributed by atoms with Gasteiger partial charge in [-0.15, -0.1) is 11.3 Å². The van der Waals surface area contributed by atoms with Crippen LogP contribution in [-0.4, -0.2) is 43.1 Å². The number of nitrogens with zero attached hydrogens (tertiary/aromatic N) is 2. The second kappa shape index (κ2) is 5.43. The molecule has 1 saturated heterocycles. The van der Waals surface area contributed by atoms with E-state index in [-0.39, 0.29) is 5.25 Å². The van der Waals surface area contributed by atoms with Crippen LogP contribution in [-0.2, 0) is 16.6 Å². The lowest BCUT2D eigenvalue weighted by Crippen LogP contribution is -2.42. The highest BCUT2D eigenvalue weighted by molar-refractivity contribution is 7.89. The average molecular weight is 275 g/mol. The molecule has 5 nitrogen and oxygen atoms in total. The quantitative estimate of drug-likeness (QED) is 0.877. The summed E-state index contributed by atoms with van der Waals surface area (Å²) in [5.74, 6) is 0. The van der Waals surface area contributed by atoms with Gasteiger partial charge in [-0.3, -0.25) is 0 Å². The predicted octanol–water partition coefficient (Wildman–Crippen LogP) is 0.657. The second-order valence-corrected chi connectivity index (χ2v) is 7.27. The maximum Gasteiger partial charge on any atom is 0.217 e. The number of piperidine rings is 1. The number of hydrogen-bond donors (Lipinski definition) is 1. The van der Waals surface area contributed by atoms with Crippen LogP contribution in [0.1, 0.15) is 18.5 Å². The SMILES string of the molecule is CN(Cc1cscn1)S(=O)(=O)C1CCNCC1. The van der Waals surface area contributed by atoms with Gasteiger partial charge in [-0.1, -0.05) is 0 Å². The molecule has 0 radical (unpaired) electrons. The van der Waals surface area contributed by atoms with Gasteiger partial charge in [0.2, 0.25) is 10.0 Å². The molecule has 0 aliphatic carbocycles. The van der Waals surface area contributed by atoms with Crippen molar-refractivity contribution >= 4 is 21.4 Å². The van der Waals surface area contributed by atoms with E-state index in [2.05, 4.69) is 10.3 Å². The molecule has 1 aromatic heterocycles. The van der Waals surface area contributed by atoms with Crippen LogP contribution in [0.15, 0.2) is 10.9 Å². The van der Waals surface area contributed by atoms with Gasteiger partial charge < -0.3 is 5.32 Å². The van der Waals surface area contributed by atoms with Crippen LogP contribution in [0.4, 0.5) is 0 Å². The van der Waals surface area contributed by atoms with Crippen molar-refractivity contribution in [2.45, 2.75) is 24.6 Å². The first-order valence-corrected chi connectivity index (χ1v) is 8.08. The summed E-state index contributed by atoms with van der Waals surface area (Å²) in [5.41, 5.74) is 2.54. The fourth-order valence-corrected chi connectivity index (χ4v) is 4.18. The number of hydrogen-bond acceptors (Lipinski definition) is 5. The minimum Gasteiger partial charge on any atom is -0.317 e. The summed E-state index contributed by atoms with van der Waals surface area (Å²) in [6.07, 6.45) is 1.40. The largest absolute Gasteiger partial charge is 0.317 e. The van der Waals surface area contributed by atoms with Crippen molar-refractivity contribution in [3.63, 3.8) is 0 Å². The van der Waals surface area contributed by atoms with Crippen LogP contribution >= 0.6 is 11.3 Å². The minimum absolute atomic E-state index is 0.243. The first-order chi connectivity index (χ1) is 8.10. The number of nitrogens with one attached hydrogen (secondary N) is 1. The molecule has 1 N–H and O–H groups in total. The summed E-state index contributed by atoms with van der Waals surface area (Å²) in [4.78, 5) is 4.11. The Bertz CT molecular complexity index is 438. The molecular formula is C10H17N3O2S2. The van der Waals surface area contributed by atoms with Crippen LogP contribution in [0.3, 0.4) is 0 Å². The van der Waals surface area contributed by atoms with Crippen molar-refractivity contribution in [1.29, 1.82) is 0 Å². The van der Waals surface area contributed by atoms with Crippen molar-refractivity contribution in [2.75, 3.05) is 20.1 Å². The van der Waals surface area contributed by atoms with Crippen LogP contribution in [0.5, 0.6) is 0 Å².